The fourth-order valence-corrected chi connectivity index (χ4v) is 3.79. The summed E-state index contributed by atoms with van der Waals surface area (Å²) in [5, 5.41) is 0. The highest BCUT2D eigenvalue weighted by molar-refractivity contribution is 5.18. The number of fused-ring (bicyclic) bond motifs is 1. The lowest BCUT2D eigenvalue weighted by Gasteiger charge is -2.33. The molecule has 2 fully saturated rings. The molecule has 2 N–H and O–H groups in total. The molecule has 2 heteroatoms. The van der Waals surface area contributed by atoms with Crippen LogP contribution in [0.25, 0.3) is 0 Å². The van der Waals surface area contributed by atoms with Gasteiger partial charge >= 0.3 is 0 Å². The minimum absolute atomic E-state index is 0.173. The highest BCUT2D eigenvalue weighted by Gasteiger charge is 2.35. The molecule has 1 aromatic rings. The zero-order valence-electron chi connectivity index (χ0n) is 11.1. The number of nitrogens with two attached hydrogens (primary N) is 1. The first-order valence-electron chi connectivity index (χ1n) is 7.39. The summed E-state index contributed by atoms with van der Waals surface area (Å²) in [6.07, 6.45) is 7.10. The Labute approximate surface area is 110 Å². The summed E-state index contributed by atoms with van der Waals surface area (Å²) in [6, 6.07) is 11.5. The van der Waals surface area contributed by atoms with Crippen LogP contribution in [0, 0.1) is 5.92 Å². The van der Waals surface area contributed by atoms with Crippen LogP contribution in [-0.2, 0) is 0 Å². The van der Waals surface area contributed by atoms with Crippen LogP contribution in [0.4, 0.5) is 0 Å². The van der Waals surface area contributed by atoms with E-state index >= 15 is 0 Å². The number of nitrogens with zero attached hydrogens (tertiary/aromatic N) is 1. The van der Waals surface area contributed by atoms with E-state index in [1.165, 1.54) is 44.2 Å². The molecule has 2 aliphatic rings. The molecule has 98 valence electrons. The number of hydrogen-bond acceptors (Lipinski definition) is 2. The largest absolute Gasteiger partial charge is 0.323 e. The molecule has 1 aliphatic heterocycles. The maximum Gasteiger partial charge on any atom is 0.0424 e. The maximum atomic E-state index is 6.35. The van der Waals surface area contributed by atoms with Crippen molar-refractivity contribution in [2.75, 3.05) is 13.1 Å². The molecular formula is C16H24N2. The summed E-state index contributed by atoms with van der Waals surface area (Å²) in [6.45, 7) is 2.29. The second-order valence-electron chi connectivity index (χ2n) is 5.91. The summed E-state index contributed by atoms with van der Waals surface area (Å²) in [7, 11) is 0. The molecule has 0 amide bonds. The van der Waals surface area contributed by atoms with Gasteiger partial charge in [-0.1, -0.05) is 43.2 Å². The van der Waals surface area contributed by atoms with Gasteiger partial charge in [0, 0.05) is 18.6 Å². The summed E-state index contributed by atoms with van der Waals surface area (Å²) in [5.74, 6) is 0.960. The Bertz CT molecular complexity index is 376. The number of hydrogen-bond donors (Lipinski definition) is 1. The quantitative estimate of drug-likeness (QED) is 0.885. The molecule has 3 rings (SSSR count). The van der Waals surface area contributed by atoms with Gasteiger partial charge in [-0.25, -0.2) is 0 Å². The van der Waals surface area contributed by atoms with E-state index < -0.39 is 0 Å². The topological polar surface area (TPSA) is 29.3 Å². The highest BCUT2D eigenvalue weighted by Crippen LogP contribution is 2.36. The van der Waals surface area contributed by atoms with Gasteiger partial charge in [0.15, 0.2) is 0 Å². The van der Waals surface area contributed by atoms with Crippen LogP contribution >= 0.6 is 0 Å². The van der Waals surface area contributed by atoms with Crippen molar-refractivity contribution in [2.45, 2.75) is 44.2 Å². The Morgan fingerprint density at radius 3 is 2.72 bits per heavy atom. The monoisotopic (exact) mass is 244 g/mol. The molecule has 1 saturated heterocycles. The Hall–Kier alpha value is -0.860. The van der Waals surface area contributed by atoms with Gasteiger partial charge in [0.05, 0.1) is 0 Å². The maximum absolute atomic E-state index is 6.35. The van der Waals surface area contributed by atoms with Crippen molar-refractivity contribution in [3.63, 3.8) is 0 Å². The van der Waals surface area contributed by atoms with Gasteiger partial charge in [-0.3, -0.25) is 4.90 Å². The normalized spacial score (nSPS) is 30.1. The standard InChI is InChI=1S/C16H24N2/c17-15(13-6-2-1-3-7-13)12-18-11-10-14-8-4-5-9-16(14)18/h1-3,6-7,14-16H,4-5,8-12,17H2. The average molecular weight is 244 g/mol. The molecule has 3 unspecified atom stereocenters. The smallest absolute Gasteiger partial charge is 0.0424 e. The van der Waals surface area contributed by atoms with Crippen LogP contribution in [0.3, 0.4) is 0 Å². The summed E-state index contributed by atoms with van der Waals surface area (Å²) in [4.78, 5) is 2.65. The van der Waals surface area contributed by atoms with Crippen molar-refractivity contribution in [3.8, 4) is 0 Å². The molecule has 1 heterocycles. The van der Waals surface area contributed by atoms with E-state index in [9.17, 15) is 0 Å². The second kappa shape index (κ2) is 5.41. The van der Waals surface area contributed by atoms with E-state index in [1.54, 1.807) is 0 Å². The van der Waals surface area contributed by atoms with E-state index in [1.807, 2.05) is 0 Å². The molecule has 3 atom stereocenters. The zero-order valence-corrected chi connectivity index (χ0v) is 11.1. The van der Waals surface area contributed by atoms with Gasteiger partial charge in [0.2, 0.25) is 0 Å². The Morgan fingerprint density at radius 1 is 1.11 bits per heavy atom. The fourth-order valence-electron chi connectivity index (χ4n) is 3.79. The van der Waals surface area contributed by atoms with Crippen LogP contribution in [-0.4, -0.2) is 24.0 Å². The number of benzene rings is 1. The minimum Gasteiger partial charge on any atom is -0.323 e. The molecule has 1 saturated carbocycles. The van der Waals surface area contributed by atoms with Crippen molar-refractivity contribution in [3.05, 3.63) is 35.9 Å². The molecule has 1 aliphatic carbocycles. The van der Waals surface area contributed by atoms with Crippen LogP contribution in [0.1, 0.15) is 43.7 Å². The van der Waals surface area contributed by atoms with Gasteiger partial charge < -0.3 is 5.73 Å². The van der Waals surface area contributed by atoms with Gasteiger partial charge in [-0.05, 0) is 37.3 Å². The Balaban J connectivity index is 1.63. The van der Waals surface area contributed by atoms with Crippen molar-refractivity contribution in [1.29, 1.82) is 0 Å². The third kappa shape index (κ3) is 2.45. The van der Waals surface area contributed by atoms with Crippen molar-refractivity contribution in [1.82, 2.24) is 4.90 Å². The second-order valence-corrected chi connectivity index (χ2v) is 5.91. The molecule has 18 heavy (non-hydrogen) atoms. The van der Waals surface area contributed by atoms with Crippen molar-refractivity contribution >= 4 is 0 Å². The number of rotatable bonds is 3. The average Bonchev–Trinajstić information content (AvgIpc) is 2.83. The van der Waals surface area contributed by atoms with E-state index in [0.717, 1.165) is 18.5 Å². The van der Waals surface area contributed by atoms with Gasteiger partial charge in [-0.15, -0.1) is 0 Å². The van der Waals surface area contributed by atoms with E-state index in [4.69, 9.17) is 5.73 Å². The predicted octanol–water partition coefficient (Wildman–Crippen LogP) is 2.95. The van der Waals surface area contributed by atoms with Gasteiger partial charge in [-0.2, -0.15) is 0 Å². The number of likely N-dealkylation sites (tertiary alicyclic amines) is 1. The van der Waals surface area contributed by atoms with Crippen LogP contribution in [0.5, 0.6) is 0 Å². The summed E-state index contributed by atoms with van der Waals surface area (Å²) >= 11 is 0. The molecule has 0 bridgehead atoms. The van der Waals surface area contributed by atoms with Crippen LogP contribution < -0.4 is 5.73 Å². The predicted molar refractivity (Wildman–Crippen MR) is 75.3 cm³/mol. The zero-order chi connectivity index (χ0) is 12.4. The van der Waals surface area contributed by atoms with Crippen LogP contribution in [0.2, 0.25) is 0 Å². The van der Waals surface area contributed by atoms with E-state index in [0.29, 0.717) is 0 Å². The Morgan fingerprint density at radius 2 is 1.89 bits per heavy atom. The fraction of sp³-hybridized carbons (Fsp3) is 0.625. The Kier molecular flexibility index (Phi) is 3.67. The lowest BCUT2D eigenvalue weighted by atomic mass is 9.85. The first-order valence-corrected chi connectivity index (χ1v) is 7.39. The lowest BCUT2D eigenvalue weighted by Crippen LogP contribution is -2.39. The highest BCUT2D eigenvalue weighted by atomic mass is 15.2. The van der Waals surface area contributed by atoms with Gasteiger partial charge in [0.1, 0.15) is 0 Å². The van der Waals surface area contributed by atoms with E-state index in [2.05, 4.69) is 35.2 Å². The van der Waals surface area contributed by atoms with Crippen LogP contribution in [0.15, 0.2) is 30.3 Å². The third-order valence-corrected chi connectivity index (χ3v) is 4.78. The summed E-state index contributed by atoms with van der Waals surface area (Å²) < 4.78 is 0. The lowest BCUT2D eigenvalue weighted by molar-refractivity contribution is 0.174. The van der Waals surface area contributed by atoms with Crippen molar-refractivity contribution in [2.24, 2.45) is 11.7 Å². The molecule has 2 nitrogen and oxygen atoms in total. The first-order chi connectivity index (χ1) is 8.84. The molecular weight excluding hydrogens is 220 g/mol. The molecule has 1 aromatic carbocycles. The first kappa shape index (κ1) is 12.2. The summed E-state index contributed by atoms with van der Waals surface area (Å²) in [5.41, 5.74) is 7.63. The van der Waals surface area contributed by atoms with Gasteiger partial charge in [0.25, 0.3) is 0 Å². The van der Waals surface area contributed by atoms with E-state index in [-0.39, 0.29) is 6.04 Å². The van der Waals surface area contributed by atoms with Crippen molar-refractivity contribution < 1.29 is 0 Å². The SMILES string of the molecule is NC(CN1CCC2CCCCC21)c1ccccc1. The molecule has 0 aromatic heterocycles. The molecule has 0 spiro atoms. The minimum atomic E-state index is 0.173. The molecule has 0 radical (unpaired) electrons. The third-order valence-electron chi connectivity index (χ3n) is 4.78.